The van der Waals surface area contributed by atoms with Gasteiger partial charge in [-0.15, -0.1) is 0 Å². The molecule has 0 saturated carbocycles. The van der Waals surface area contributed by atoms with E-state index in [2.05, 4.69) is 4.57 Å². The number of allylic oxidation sites excluding steroid dienone is 2. The summed E-state index contributed by atoms with van der Waals surface area (Å²) in [6.45, 7) is 9.20. The predicted molar refractivity (Wildman–Crippen MR) is 134 cm³/mol. The summed E-state index contributed by atoms with van der Waals surface area (Å²) in [5.74, 6) is 0.793. The van der Waals surface area contributed by atoms with Gasteiger partial charge in [0.05, 0.1) is 36.7 Å². The van der Waals surface area contributed by atoms with Crippen LogP contribution in [0.15, 0.2) is 54.6 Å². The van der Waals surface area contributed by atoms with Crippen LogP contribution in [0.25, 0.3) is 11.0 Å². The third-order valence-corrected chi connectivity index (χ3v) is 6.64. The van der Waals surface area contributed by atoms with Crippen molar-refractivity contribution in [2.45, 2.75) is 34.2 Å². The number of carboxylic acid groups (broad SMARTS) is 1. The zero-order valence-electron chi connectivity index (χ0n) is 19.8. The highest BCUT2D eigenvalue weighted by Gasteiger charge is 2.37. The van der Waals surface area contributed by atoms with Crippen molar-refractivity contribution in [3.05, 3.63) is 76.6 Å². The van der Waals surface area contributed by atoms with Crippen LogP contribution < -0.4 is 9.47 Å². The van der Waals surface area contributed by atoms with E-state index < -0.39 is 17.3 Å². The van der Waals surface area contributed by atoms with Gasteiger partial charge < -0.3 is 19.1 Å². The molecule has 1 heterocycles. The van der Waals surface area contributed by atoms with Crippen LogP contribution in [0, 0.1) is 25.2 Å². The molecule has 1 N–H and O–H groups in total. The molecule has 3 aromatic rings. The van der Waals surface area contributed by atoms with Gasteiger partial charge in [0.2, 0.25) is 0 Å². The number of carboxylic acids is 1. The number of ether oxygens (including phenoxy) is 2. The third-order valence-electron chi connectivity index (χ3n) is 6.29. The lowest BCUT2D eigenvalue weighted by Crippen LogP contribution is -2.36. The summed E-state index contributed by atoms with van der Waals surface area (Å²) in [6.07, 6.45) is 7.25. The van der Waals surface area contributed by atoms with Gasteiger partial charge in [-0.3, -0.25) is 4.79 Å². The predicted octanol–water partition coefficient (Wildman–Crippen LogP) is 5.97. The lowest BCUT2D eigenvalue weighted by molar-refractivity contribution is -0.143. The molecule has 4 rings (SSSR count). The summed E-state index contributed by atoms with van der Waals surface area (Å²) < 4.78 is 13.8. The van der Waals surface area contributed by atoms with Crippen LogP contribution in [0.1, 0.15) is 30.8 Å². The van der Waals surface area contributed by atoms with E-state index in [1.165, 1.54) is 0 Å². The van der Waals surface area contributed by atoms with Crippen LogP contribution in [-0.2, 0) is 11.3 Å². The summed E-state index contributed by atoms with van der Waals surface area (Å²) in [4.78, 5) is 16.5. The molecular formula is C27H29ClN2O4. The molecule has 2 atom stereocenters. The van der Waals surface area contributed by atoms with E-state index in [0.717, 1.165) is 33.7 Å². The number of aromatic nitrogens is 2. The Bertz CT molecular complexity index is 1290. The van der Waals surface area contributed by atoms with Gasteiger partial charge in [-0.05, 0) is 50.1 Å². The summed E-state index contributed by atoms with van der Waals surface area (Å²) in [6, 6.07) is 9.64. The van der Waals surface area contributed by atoms with Crippen LogP contribution in [0.5, 0.6) is 11.5 Å². The second-order valence-corrected chi connectivity index (χ2v) is 9.30. The van der Waals surface area contributed by atoms with Gasteiger partial charge in [-0.25, -0.2) is 4.98 Å². The fourth-order valence-electron chi connectivity index (χ4n) is 4.36. The zero-order valence-corrected chi connectivity index (χ0v) is 20.6. The zero-order chi connectivity index (χ0) is 24.5. The molecule has 1 aromatic heterocycles. The van der Waals surface area contributed by atoms with E-state index in [1.54, 1.807) is 12.2 Å². The molecule has 1 aliphatic carbocycles. The quantitative estimate of drug-likeness (QED) is 0.430. The van der Waals surface area contributed by atoms with E-state index in [1.807, 2.05) is 70.2 Å². The lowest BCUT2D eigenvalue weighted by Gasteiger charge is -2.32. The van der Waals surface area contributed by atoms with Crippen molar-refractivity contribution in [1.29, 1.82) is 0 Å². The topological polar surface area (TPSA) is 73.6 Å². The Morgan fingerprint density at radius 2 is 1.97 bits per heavy atom. The van der Waals surface area contributed by atoms with Crippen molar-refractivity contribution in [2.24, 2.45) is 11.3 Å². The Hall–Kier alpha value is -3.25. The number of carbonyl (C=O) groups is 1. The molecule has 7 heteroatoms. The molecule has 34 heavy (non-hydrogen) atoms. The Labute approximate surface area is 204 Å². The molecule has 2 aromatic carbocycles. The highest BCUT2D eigenvalue weighted by molar-refractivity contribution is 6.31. The standard InChI is InChI=1S/C27H29ClN2O4/c1-5-33-20-10-9-19(23(28)13-20)15-30-18(3)29-25-17(2)12-21(14-24(25)30)34-16-27(4)11-7-6-8-22(27)26(31)32/h6-14,22H,5,15-16H2,1-4H3,(H,31,32). The minimum absolute atomic E-state index is 0.244. The SMILES string of the molecule is CCOc1ccc(Cn2c(C)nc3c(C)cc(OCC4(C)C=CC=CC4C(=O)O)cc32)c(Cl)c1. The molecule has 0 saturated heterocycles. The van der Waals surface area contributed by atoms with Crippen LogP contribution in [0.4, 0.5) is 0 Å². The van der Waals surface area contributed by atoms with Gasteiger partial charge in [0.15, 0.2) is 0 Å². The first-order valence-corrected chi connectivity index (χ1v) is 11.7. The molecule has 1 aliphatic rings. The number of benzene rings is 2. The van der Waals surface area contributed by atoms with Crippen molar-refractivity contribution in [1.82, 2.24) is 9.55 Å². The number of halogens is 1. The third kappa shape index (κ3) is 4.68. The van der Waals surface area contributed by atoms with Gasteiger partial charge >= 0.3 is 5.97 Å². The maximum absolute atomic E-state index is 11.7. The van der Waals surface area contributed by atoms with Gasteiger partial charge in [0.25, 0.3) is 0 Å². The first-order chi connectivity index (χ1) is 16.2. The summed E-state index contributed by atoms with van der Waals surface area (Å²) in [5.41, 5.74) is 3.16. The Balaban J connectivity index is 1.63. The Kier molecular flexibility index (Phi) is 6.71. The minimum Gasteiger partial charge on any atom is -0.494 e. The van der Waals surface area contributed by atoms with Gasteiger partial charge in [-0.2, -0.15) is 0 Å². The van der Waals surface area contributed by atoms with Crippen molar-refractivity contribution in [3.63, 3.8) is 0 Å². The van der Waals surface area contributed by atoms with E-state index >= 15 is 0 Å². The first-order valence-electron chi connectivity index (χ1n) is 11.3. The number of imidazole rings is 1. The van der Waals surface area contributed by atoms with Gasteiger partial charge in [0, 0.05) is 16.5 Å². The number of hydrogen-bond donors (Lipinski definition) is 1. The van der Waals surface area contributed by atoms with E-state index in [4.69, 9.17) is 26.1 Å². The fraction of sp³-hybridized carbons (Fsp3) is 0.333. The fourth-order valence-corrected chi connectivity index (χ4v) is 4.59. The van der Waals surface area contributed by atoms with E-state index in [-0.39, 0.29) is 6.61 Å². The minimum atomic E-state index is -0.862. The van der Waals surface area contributed by atoms with Crippen LogP contribution in [-0.4, -0.2) is 33.8 Å². The number of hydrogen-bond acceptors (Lipinski definition) is 4. The van der Waals surface area contributed by atoms with Gasteiger partial charge in [0.1, 0.15) is 17.3 Å². The summed E-state index contributed by atoms with van der Waals surface area (Å²) >= 11 is 6.54. The van der Waals surface area contributed by atoms with Crippen LogP contribution in [0.2, 0.25) is 5.02 Å². The average Bonchev–Trinajstić information content (AvgIpc) is 3.10. The van der Waals surface area contributed by atoms with Gasteiger partial charge in [-0.1, -0.05) is 48.9 Å². The molecular weight excluding hydrogens is 452 g/mol. The monoisotopic (exact) mass is 480 g/mol. The summed E-state index contributed by atoms with van der Waals surface area (Å²) in [5, 5.41) is 10.3. The highest BCUT2D eigenvalue weighted by Crippen LogP contribution is 2.35. The number of fused-ring (bicyclic) bond motifs is 1. The number of aliphatic carboxylic acids is 1. The molecule has 2 unspecified atom stereocenters. The van der Waals surface area contributed by atoms with E-state index in [9.17, 15) is 9.90 Å². The maximum Gasteiger partial charge on any atom is 0.311 e. The van der Waals surface area contributed by atoms with Crippen molar-refractivity contribution < 1.29 is 19.4 Å². The van der Waals surface area contributed by atoms with Crippen LogP contribution in [0.3, 0.4) is 0 Å². The van der Waals surface area contributed by atoms with Crippen molar-refractivity contribution in [2.75, 3.05) is 13.2 Å². The molecule has 0 radical (unpaired) electrons. The maximum atomic E-state index is 11.7. The summed E-state index contributed by atoms with van der Waals surface area (Å²) in [7, 11) is 0. The second kappa shape index (κ2) is 9.55. The van der Waals surface area contributed by atoms with E-state index in [0.29, 0.717) is 23.9 Å². The highest BCUT2D eigenvalue weighted by atomic mass is 35.5. The van der Waals surface area contributed by atoms with Crippen LogP contribution >= 0.6 is 11.6 Å². The van der Waals surface area contributed by atoms with Crippen molar-refractivity contribution >= 4 is 28.6 Å². The smallest absolute Gasteiger partial charge is 0.311 e. The first kappa shape index (κ1) is 23.9. The lowest BCUT2D eigenvalue weighted by atomic mass is 9.75. The largest absolute Gasteiger partial charge is 0.494 e. The molecule has 178 valence electrons. The number of rotatable bonds is 8. The Morgan fingerprint density at radius 1 is 1.18 bits per heavy atom. The average molecular weight is 481 g/mol. The number of aryl methyl sites for hydroxylation is 2. The molecule has 6 nitrogen and oxygen atoms in total. The molecule has 0 spiro atoms. The molecule has 0 amide bonds. The normalized spacial score (nSPS) is 19.5. The second-order valence-electron chi connectivity index (χ2n) is 8.89. The Morgan fingerprint density at radius 3 is 2.68 bits per heavy atom. The number of nitrogens with zero attached hydrogens (tertiary/aromatic N) is 2. The molecule has 0 aliphatic heterocycles. The van der Waals surface area contributed by atoms with Crippen molar-refractivity contribution in [3.8, 4) is 11.5 Å². The molecule has 0 fully saturated rings. The molecule has 0 bridgehead atoms.